The molecule has 0 bridgehead atoms. The maximum Gasteiger partial charge on any atom is -0.000984 e. The largest absolute Gasteiger partial charge is 0.849 e. The molecule has 0 aliphatic heterocycles. The van der Waals surface area contributed by atoms with E-state index in [9.17, 15) is 5.11 Å². The molecule has 0 radical (unpaired) electrons. The summed E-state index contributed by atoms with van der Waals surface area (Å²) in [7, 11) is 3.94. The van der Waals surface area contributed by atoms with Crippen molar-refractivity contribution in [1.29, 1.82) is 0 Å². The maximum atomic E-state index is 11.3. The zero-order chi connectivity index (χ0) is 7.07. The first-order chi connectivity index (χ1) is 4.04. The molecule has 2 unspecified atom stereocenters. The van der Waals surface area contributed by atoms with Gasteiger partial charge in [0, 0.05) is 0 Å². The predicted molar refractivity (Wildman–Crippen MR) is 35.1 cm³/mol. The number of hydrogen-bond donors (Lipinski definition) is 0. The van der Waals surface area contributed by atoms with Gasteiger partial charge in [0.2, 0.25) is 0 Å². The van der Waals surface area contributed by atoms with Crippen LogP contribution in [0, 0.1) is 0 Å². The van der Waals surface area contributed by atoms with Crippen molar-refractivity contribution in [2.45, 2.75) is 31.4 Å². The summed E-state index contributed by atoms with van der Waals surface area (Å²) in [5, 5.41) is 11.3. The van der Waals surface area contributed by atoms with Crippen LogP contribution < -0.4 is 5.11 Å². The Balaban J connectivity index is 2.45. The zero-order valence-electron chi connectivity index (χ0n) is 6.35. The lowest BCUT2D eigenvalue weighted by atomic mass is 9.76. The van der Waals surface area contributed by atoms with Gasteiger partial charge in [0.25, 0.3) is 0 Å². The molecule has 1 aliphatic carbocycles. The molecule has 1 rings (SSSR count). The average molecular weight is 128 g/mol. The van der Waals surface area contributed by atoms with Crippen molar-refractivity contribution < 1.29 is 5.11 Å². The molecule has 0 saturated heterocycles. The highest BCUT2D eigenvalue weighted by Gasteiger charge is 2.33. The molecule has 0 amide bonds. The van der Waals surface area contributed by atoms with Gasteiger partial charge in [-0.2, -0.15) is 0 Å². The molecule has 1 aliphatic rings. The lowest BCUT2D eigenvalue weighted by Gasteiger charge is -2.56. The fourth-order valence-electron chi connectivity index (χ4n) is 1.48. The smallest absolute Gasteiger partial charge is 0.000984 e. The Kier molecular flexibility index (Phi) is 1.53. The van der Waals surface area contributed by atoms with Crippen LogP contribution in [-0.2, 0) is 0 Å². The maximum absolute atomic E-state index is 11.3. The first-order valence-electron chi connectivity index (χ1n) is 3.41. The van der Waals surface area contributed by atoms with Gasteiger partial charge < -0.3 is 10.0 Å². The minimum atomic E-state index is -0.663. The zero-order valence-corrected chi connectivity index (χ0v) is 6.35. The van der Waals surface area contributed by atoms with E-state index in [2.05, 4.69) is 0 Å². The summed E-state index contributed by atoms with van der Waals surface area (Å²) in [5.41, 5.74) is -0.663. The highest BCUT2D eigenvalue weighted by Crippen LogP contribution is 2.31. The van der Waals surface area contributed by atoms with Gasteiger partial charge in [-0.25, -0.2) is 0 Å². The second-order valence-corrected chi connectivity index (χ2v) is 3.33. The summed E-state index contributed by atoms with van der Waals surface area (Å²) >= 11 is 0. The monoisotopic (exact) mass is 128 g/mol. The summed E-state index contributed by atoms with van der Waals surface area (Å²) < 4.78 is 0. The molecule has 0 N–H and O–H groups in total. The van der Waals surface area contributed by atoms with E-state index in [1.165, 1.54) is 0 Å². The van der Waals surface area contributed by atoms with Gasteiger partial charge in [-0.3, -0.25) is 0 Å². The summed E-state index contributed by atoms with van der Waals surface area (Å²) in [6.45, 7) is 1.79. The van der Waals surface area contributed by atoms with Gasteiger partial charge in [0.1, 0.15) is 0 Å². The van der Waals surface area contributed by atoms with Crippen molar-refractivity contribution in [1.82, 2.24) is 4.90 Å². The summed E-state index contributed by atoms with van der Waals surface area (Å²) in [5.74, 6) is 0. The van der Waals surface area contributed by atoms with E-state index in [1.54, 1.807) is 6.92 Å². The second kappa shape index (κ2) is 1.96. The number of likely N-dealkylation sites (N-methyl/N-ethyl adjacent to an activating group) is 1. The second-order valence-electron chi connectivity index (χ2n) is 3.33. The van der Waals surface area contributed by atoms with Gasteiger partial charge in [0.15, 0.2) is 0 Å². The molecule has 0 aromatic carbocycles. The lowest BCUT2D eigenvalue weighted by molar-refractivity contribution is -0.505. The van der Waals surface area contributed by atoms with Crippen LogP contribution in [0.15, 0.2) is 0 Å². The fraction of sp³-hybridized carbons (Fsp3) is 1.00. The Morgan fingerprint density at radius 3 is 2.11 bits per heavy atom. The third kappa shape index (κ3) is 1.10. The van der Waals surface area contributed by atoms with E-state index in [1.807, 2.05) is 19.0 Å². The van der Waals surface area contributed by atoms with Crippen LogP contribution in [0.25, 0.3) is 0 Å². The van der Waals surface area contributed by atoms with Crippen molar-refractivity contribution in [2.75, 3.05) is 14.1 Å². The van der Waals surface area contributed by atoms with E-state index >= 15 is 0 Å². The Labute approximate surface area is 56.5 Å². The quantitative estimate of drug-likeness (QED) is 0.490. The van der Waals surface area contributed by atoms with Crippen LogP contribution >= 0.6 is 0 Å². The molecule has 54 valence electrons. The van der Waals surface area contributed by atoms with Crippen molar-refractivity contribution in [3.63, 3.8) is 0 Å². The Morgan fingerprint density at radius 2 is 2.11 bits per heavy atom. The van der Waals surface area contributed by atoms with Gasteiger partial charge >= 0.3 is 0 Å². The molecule has 1 saturated carbocycles. The minimum Gasteiger partial charge on any atom is -0.849 e. The van der Waals surface area contributed by atoms with Gasteiger partial charge in [-0.15, -0.1) is 5.60 Å². The van der Waals surface area contributed by atoms with E-state index in [-0.39, 0.29) is 6.04 Å². The first-order valence-corrected chi connectivity index (χ1v) is 3.41. The van der Waals surface area contributed by atoms with Gasteiger partial charge in [-0.05, 0) is 26.6 Å². The third-order valence-electron chi connectivity index (χ3n) is 2.24. The first kappa shape index (κ1) is 7.03. The summed E-state index contributed by atoms with van der Waals surface area (Å²) in [6, 6.07) is 0.275. The Bertz CT molecular complexity index is 109. The molecular formula is C7H14NO-. The molecule has 0 aromatic rings. The van der Waals surface area contributed by atoms with Crippen LogP contribution in [0.1, 0.15) is 19.8 Å². The molecule has 2 heteroatoms. The van der Waals surface area contributed by atoms with Crippen molar-refractivity contribution in [3.05, 3.63) is 0 Å². The van der Waals surface area contributed by atoms with Crippen LogP contribution in [0.5, 0.6) is 0 Å². The average Bonchev–Trinajstić information content (AvgIpc) is 1.62. The number of rotatable bonds is 1. The summed E-state index contributed by atoms with van der Waals surface area (Å²) in [4.78, 5) is 2.02. The molecule has 9 heavy (non-hydrogen) atoms. The van der Waals surface area contributed by atoms with E-state index < -0.39 is 5.60 Å². The fourth-order valence-corrected chi connectivity index (χ4v) is 1.48. The van der Waals surface area contributed by atoms with Gasteiger partial charge in [0.05, 0.1) is 0 Å². The third-order valence-corrected chi connectivity index (χ3v) is 2.24. The highest BCUT2D eigenvalue weighted by atomic mass is 16.3. The van der Waals surface area contributed by atoms with E-state index in [4.69, 9.17) is 0 Å². The van der Waals surface area contributed by atoms with Crippen molar-refractivity contribution >= 4 is 0 Å². The Hall–Kier alpha value is -0.0800. The molecule has 2 atom stereocenters. The summed E-state index contributed by atoms with van der Waals surface area (Å²) in [6.07, 6.45) is 1.92. The molecule has 0 heterocycles. The van der Waals surface area contributed by atoms with E-state index in [0.717, 1.165) is 12.8 Å². The normalized spacial score (nSPS) is 43.0. The van der Waals surface area contributed by atoms with Gasteiger partial charge in [-0.1, -0.05) is 13.3 Å². The predicted octanol–water partition coefficient (Wildman–Crippen LogP) is -0.171. The molecule has 0 spiro atoms. The molecule has 2 nitrogen and oxygen atoms in total. The van der Waals surface area contributed by atoms with Crippen molar-refractivity contribution in [3.8, 4) is 0 Å². The molecule has 1 fully saturated rings. The number of hydrogen-bond acceptors (Lipinski definition) is 2. The van der Waals surface area contributed by atoms with Crippen LogP contribution in [0.4, 0.5) is 0 Å². The minimum absolute atomic E-state index is 0.275. The van der Waals surface area contributed by atoms with Crippen LogP contribution in [0.2, 0.25) is 0 Å². The standard InChI is InChI=1S/C7H14NO/c1-7(9)5-4-6(7)8(2)3/h6H,4-5H2,1-3H3/q-1. The topological polar surface area (TPSA) is 26.3 Å². The van der Waals surface area contributed by atoms with Crippen LogP contribution in [0.3, 0.4) is 0 Å². The van der Waals surface area contributed by atoms with E-state index in [0.29, 0.717) is 0 Å². The Morgan fingerprint density at radius 1 is 1.56 bits per heavy atom. The molecule has 0 aromatic heterocycles. The lowest BCUT2D eigenvalue weighted by Crippen LogP contribution is -2.64. The number of nitrogens with zero attached hydrogens (tertiary/aromatic N) is 1. The molecular weight excluding hydrogens is 114 g/mol. The van der Waals surface area contributed by atoms with Crippen LogP contribution in [-0.4, -0.2) is 30.6 Å². The highest BCUT2D eigenvalue weighted by molar-refractivity contribution is 4.96. The van der Waals surface area contributed by atoms with Crippen molar-refractivity contribution in [2.24, 2.45) is 0 Å². The SMILES string of the molecule is CN(C)C1CCC1(C)[O-].